The van der Waals surface area contributed by atoms with Crippen molar-refractivity contribution in [3.8, 4) is 0 Å². The van der Waals surface area contributed by atoms with Crippen molar-refractivity contribution < 1.29 is 9.18 Å². The lowest BCUT2D eigenvalue weighted by atomic mass is 10.2. The topological polar surface area (TPSA) is 29.1 Å². The minimum absolute atomic E-state index is 0.165. The quantitative estimate of drug-likeness (QED) is 0.600. The molecule has 2 nitrogen and oxygen atoms in total. The van der Waals surface area contributed by atoms with Crippen LogP contribution in [0.4, 0.5) is 4.39 Å². The standard InChI is InChI=1S/C11H12FNOS/c1-7(2)6-13-11(14)8-3-4-9(12)10(15)5-8/h3-5,15H,1,6H2,2H3,(H,13,14). The molecule has 0 spiro atoms. The summed E-state index contributed by atoms with van der Waals surface area (Å²) < 4.78 is 12.9. The first-order chi connectivity index (χ1) is 7.00. The lowest BCUT2D eigenvalue weighted by Crippen LogP contribution is -2.24. The molecule has 0 fully saturated rings. The summed E-state index contributed by atoms with van der Waals surface area (Å²) in [5, 5.41) is 2.65. The summed E-state index contributed by atoms with van der Waals surface area (Å²) in [7, 11) is 0. The van der Waals surface area contributed by atoms with Crippen LogP contribution in [0.1, 0.15) is 17.3 Å². The van der Waals surface area contributed by atoms with Gasteiger partial charge in [-0.1, -0.05) is 12.2 Å². The second-order valence-electron chi connectivity index (χ2n) is 3.31. The van der Waals surface area contributed by atoms with Gasteiger partial charge in [0.2, 0.25) is 0 Å². The molecule has 15 heavy (non-hydrogen) atoms. The highest BCUT2D eigenvalue weighted by atomic mass is 32.1. The summed E-state index contributed by atoms with van der Waals surface area (Å²) in [6.07, 6.45) is 0. The summed E-state index contributed by atoms with van der Waals surface area (Å²) in [5.41, 5.74) is 1.25. The van der Waals surface area contributed by atoms with E-state index in [0.29, 0.717) is 12.1 Å². The Hall–Kier alpha value is -1.29. The molecule has 1 aromatic carbocycles. The normalized spacial score (nSPS) is 9.80. The second-order valence-corrected chi connectivity index (χ2v) is 3.79. The van der Waals surface area contributed by atoms with E-state index in [4.69, 9.17) is 0 Å². The Balaban J connectivity index is 2.74. The number of hydrogen-bond acceptors (Lipinski definition) is 2. The van der Waals surface area contributed by atoms with Gasteiger partial charge in [0.25, 0.3) is 5.91 Å². The molecule has 4 heteroatoms. The van der Waals surface area contributed by atoms with Crippen LogP contribution in [0, 0.1) is 5.82 Å². The fourth-order valence-corrected chi connectivity index (χ4v) is 1.20. The van der Waals surface area contributed by atoms with Gasteiger partial charge in [-0.15, -0.1) is 12.6 Å². The number of benzene rings is 1. The van der Waals surface area contributed by atoms with Gasteiger partial charge in [-0.25, -0.2) is 4.39 Å². The predicted molar refractivity (Wildman–Crippen MR) is 60.8 cm³/mol. The smallest absolute Gasteiger partial charge is 0.251 e. The van der Waals surface area contributed by atoms with Crippen LogP contribution in [0.2, 0.25) is 0 Å². The van der Waals surface area contributed by atoms with Crippen molar-refractivity contribution in [3.63, 3.8) is 0 Å². The third-order valence-corrected chi connectivity index (χ3v) is 2.10. The molecular formula is C11H12FNOS. The van der Waals surface area contributed by atoms with Crippen molar-refractivity contribution in [3.05, 3.63) is 41.7 Å². The van der Waals surface area contributed by atoms with Crippen LogP contribution in [0.25, 0.3) is 0 Å². The van der Waals surface area contributed by atoms with Gasteiger partial charge in [0, 0.05) is 17.0 Å². The van der Waals surface area contributed by atoms with Crippen molar-refractivity contribution in [1.29, 1.82) is 0 Å². The fraction of sp³-hybridized carbons (Fsp3) is 0.182. The van der Waals surface area contributed by atoms with Crippen molar-refractivity contribution in [1.82, 2.24) is 5.32 Å². The second kappa shape index (κ2) is 4.98. The van der Waals surface area contributed by atoms with Crippen molar-refractivity contribution in [2.24, 2.45) is 0 Å². The predicted octanol–water partition coefficient (Wildman–Crippen LogP) is 2.42. The molecule has 1 aromatic rings. The Kier molecular flexibility index (Phi) is 3.91. The average Bonchev–Trinajstić information content (AvgIpc) is 2.18. The van der Waals surface area contributed by atoms with Gasteiger partial charge in [-0.2, -0.15) is 0 Å². The first-order valence-corrected chi connectivity index (χ1v) is 4.86. The number of hydrogen-bond donors (Lipinski definition) is 2. The molecule has 0 atom stereocenters. The number of amides is 1. The number of halogens is 1. The summed E-state index contributed by atoms with van der Waals surface area (Å²) >= 11 is 3.90. The molecule has 1 N–H and O–H groups in total. The summed E-state index contributed by atoms with van der Waals surface area (Å²) in [4.78, 5) is 11.7. The van der Waals surface area contributed by atoms with Crippen LogP contribution >= 0.6 is 12.6 Å². The van der Waals surface area contributed by atoms with Crippen LogP contribution in [-0.4, -0.2) is 12.5 Å². The lowest BCUT2D eigenvalue weighted by molar-refractivity contribution is 0.0956. The first-order valence-electron chi connectivity index (χ1n) is 4.42. The molecule has 0 radical (unpaired) electrons. The molecule has 1 rings (SSSR count). The van der Waals surface area contributed by atoms with E-state index in [1.54, 1.807) is 0 Å². The van der Waals surface area contributed by atoms with E-state index < -0.39 is 5.82 Å². The molecule has 0 aliphatic carbocycles. The Morgan fingerprint density at radius 2 is 2.27 bits per heavy atom. The number of carbonyl (C=O) groups is 1. The highest BCUT2D eigenvalue weighted by Crippen LogP contribution is 2.14. The monoisotopic (exact) mass is 225 g/mol. The maximum absolute atomic E-state index is 12.9. The molecule has 0 heterocycles. The fourth-order valence-electron chi connectivity index (χ4n) is 0.987. The molecule has 0 aromatic heterocycles. The van der Waals surface area contributed by atoms with Crippen LogP contribution in [0.3, 0.4) is 0 Å². The minimum atomic E-state index is -0.435. The third-order valence-electron chi connectivity index (χ3n) is 1.76. The molecular weight excluding hydrogens is 213 g/mol. The SMILES string of the molecule is C=C(C)CNC(=O)c1ccc(F)c(S)c1. The van der Waals surface area contributed by atoms with Gasteiger partial charge in [-0.05, 0) is 25.1 Å². The van der Waals surface area contributed by atoms with Gasteiger partial charge in [0.15, 0.2) is 0 Å². The number of thiol groups is 1. The summed E-state index contributed by atoms with van der Waals surface area (Å²) in [6, 6.07) is 4.03. The summed E-state index contributed by atoms with van der Waals surface area (Å²) in [5.74, 6) is -0.692. The highest BCUT2D eigenvalue weighted by molar-refractivity contribution is 7.80. The maximum Gasteiger partial charge on any atom is 0.251 e. The van der Waals surface area contributed by atoms with E-state index in [0.717, 1.165) is 5.57 Å². The first kappa shape index (κ1) is 11.8. The van der Waals surface area contributed by atoms with Crippen LogP contribution in [-0.2, 0) is 0 Å². The number of carbonyl (C=O) groups excluding carboxylic acids is 1. The number of nitrogens with one attached hydrogen (secondary N) is 1. The molecule has 1 amide bonds. The molecule has 80 valence electrons. The van der Waals surface area contributed by atoms with E-state index in [1.807, 2.05) is 6.92 Å². The van der Waals surface area contributed by atoms with Gasteiger partial charge >= 0.3 is 0 Å². The van der Waals surface area contributed by atoms with E-state index in [2.05, 4.69) is 24.5 Å². The van der Waals surface area contributed by atoms with Gasteiger partial charge in [0.1, 0.15) is 5.82 Å². The van der Waals surface area contributed by atoms with Crippen LogP contribution < -0.4 is 5.32 Å². The van der Waals surface area contributed by atoms with Gasteiger partial charge in [0.05, 0.1) is 0 Å². The third kappa shape index (κ3) is 3.40. The molecule has 0 aliphatic heterocycles. The van der Waals surface area contributed by atoms with Crippen molar-refractivity contribution >= 4 is 18.5 Å². The van der Waals surface area contributed by atoms with Crippen LogP contribution in [0.15, 0.2) is 35.2 Å². The van der Waals surface area contributed by atoms with E-state index in [1.165, 1.54) is 18.2 Å². The molecule has 0 saturated carbocycles. The molecule has 0 saturated heterocycles. The summed E-state index contributed by atoms with van der Waals surface area (Å²) in [6.45, 7) is 5.89. The Bertz CT molecular complexity index is 404. The largest absolute Gasteiger partial charge is 0.348 e. The van der Waals surface area contributed by atoms with Gasteiger partial charge in [-0.3, -0.25) is 4.79 Å². The van der Waals surface area contributed by atoms with Crippen molar-refractivity contribution in [2.75, 3.05) is 6.54 Å². The molecule has 0 bridgehead atoms. The minimum Gasteiger partial charge on any atom is -0.348 e. The number of rotatable bonds is 3. The van der Waals surface area contributed by atoms with E-state index in [9.17, 15) is 9.18 Å². The average molecular weight is 225 g/mol. The Labute approximate surface area is 93.6 Å². The Morgan fingerprint density at radius 3 is 2.80 bits per heavy atom. The van der Waals surface area contributed by atoms with Crippen molar-refractivity contribution in [2.45, 2.75) is 11.8 Å². The highest BCUT2D eigenvalue weighted by Gasteiger charge is 2.07. The zero-order valence-electron chi connectivity index (χ0n) is 8.38. The zero-order chi connectivity index (χ0) is 11.4. The Morgan fingerprint density at radius 1 is 1.60 bits per heavy atom. The zero-order valence-corrected chi connectivity index (χ0v) is 9.27. The molecule has 0 aliphatic rings. The lowest BCUT2D eigenvalue weighted by Gasteiger charge is -2.05. The van der Waals surface area contributed by atoms with Crippen LogP contribution in [0.5, 0.6) is 0 Å². The van der Waals surface area contributed by atoms with Gasteiger partial charge < -0.3 is 5.32 Å². The van der Waals surface area contributed by atoms with E-state index in [-0.39, 0.29) is 10.8 Å². The molecule has 0 unspecified atom stereocenters. The maximum atomic E-state index is 12.9. The van der Waals surface area contributed by atoms with E-state index >= 15 is 0 Å².